The Bertz CT molecular complexity index is 240. The number of thiazole rings is 1. The number of hydrogen-bond donors (Lipinski definition) is 1. The summed E-state index contributed by atoms with van der Waals surface area (Å²) in [6.45, 7) is 2.09. The molecule has 0 amide bonds. The van der Waals surface area contributed by atoms with E-state index in [-0.39, 0.29) is 0 Å². The van der Waals surface area contributed by atoms with Gasteiger partial charge in [0, 0.05) is 17.1 Å². The lowest BCUT2D eigenvalue weighted by molar-refractivity contribution is 0.445. The smallest absolute Gasteiger partial charge is 0.183 e. The van der Waals surface area contributed by atoms with Gasteiger partial charge in [0.25, 0.3) is 0 Å². The molecule has 0 radical (unpaired) electrons. The molecule has 1 aromatic rings. The molecule has 0 aromatic carbocycles. The zero-order valence-electron chi connectivity index (χ0n) is 6.63. The Hall–Kier alpha value is -0.570. The summed E-state index contributed by atoms with van der Waals surface area (Å²) in [6, 6.07) is 0.709. The maximum absolute atomic E-state index is 4.24. The number of aryl methyl sites for hydroxylation is 1. The van der Waals surface area contributed by atoms with Crippen molar-refractivity contribution in [2.75, 3.05) is 5.32 Å². The maximum atomic E-state index is 4.24. The van der Waals surface area contributed by atoms with Crippen molar-refractivity contribution in [1.82, 2.24) is 4.98 Å². The van der Waals surface area contributed by atoms with Crippen molar-refractivity contribution in [3.63, 3.8) is 0 Å². The SMILES string of the molecule is Cc1cnc(NC2CCC2)s1. The van der Waals surface area contributed by atoms with E-state index in [0.717, 1.165) is 5.13 Å². The lowest BCUT2D eigenvalue weighted by Gasteiger charge is -2.25. The number of nitrogens with one attached hydrogen (secondary N) is 1. The molecule has 1 aromatic heterocycles. The predicted octanol–water partition coefficient (Wildman–Crippen LogP) is 2.42. The first-order valence-electron chi connectivity index (χ1n) is 4.03. The minimum Gasteiger partial charge on any atom is -0.359 e. The zero-order valence-corrected chi connectivity index (χ0v) is 7.45. The molecule has 1 aliphatic rings. The van der Waals surface area contributed by atoms with E-state index in [4.69, 9.17) is 0 Å². The molecule has 0 atom stereocenters. The first kappa shape index (κ1) is 7.10. The third-order valence-electron chi connectivity index (χ3n) is 2.05. The molecule has 60 valence electrons. The van der Waals surface area contributed by atoms with Crippen LogP contribution in [-0.4, -0.2) is 11.0 Å². The molecule has 11 heavy (non-hydrogen) atoms. The monoisotopic (exact) mass is 168 g/mol. The number of rotatable bonds is 2. The fraction of sp³-hybridized carbons (Fsp3) is 0.625. The summed E-state index contributed by atoms with van der Waals surface area (Å²) in [6.07, 6.45) is 5.94. The van der Waals surface area contributed by atoms with Crippen molar-refractivity contribution < 1.29 is 0 Å². The molecule has 1 fully saturated rings. The molecule has 0 bridgehead atoms. The van der Waals surface area contributed by atoms with E-state index in [0.29, 0.717) is 6.04 Å². The van der Waals surface area contributed by atoms with Crippen LogP contribution in [0.4, 0.5) is 5.13 Å². The van der Waals surface area contributed by atoms with E-state index in [1.54, 1.807) is 11.3 Å². The van der Waals surface area contributed by atoms with Gasteiger partial charge in [-0.25, -0.2) is 4.98 Å². The second kappa shape index (κ2) is 2.81. The fourth-order valence-electron chi connectivity index (χ4n) is 1.15. The average Bonchev–Trinajstić information content (AvgIpc) is 2.27. The van der Waals surface area contributed by atoms with Crippen LogP contribution < -0.4 is 5.32 Å². The summed E-state index contributed by atoms with van der Waals surface area (Å²) in [5, 5.41) is 4.50. The van der Waals surface area contributed by atoms with Gasteiger partial charge in [0.15, 0.2) is 5.13 Å². The average molecular weight is 168 g/mol. The van der Waals surface area contributed by atoms with Gasteiger partial charge >= 0.3 is 0 Å². The topological polar surface area (TPSA) is 24.9 Å². The lowest BCUT2D eigenvalue weighted by atomic mass is 9.93. The Balaban J connectivity index is 1.95. The third-order valence-corrected chi connectivity index (χ3v) is 2.90. The van der Waals surface area contributed by atoms with Crippen LogP contribution in [0.5, 0.6) is 0 Å². The molecule has 1 N–H and O–H groups in total. The van der Waals surface area contributed by atoms with Crippen LogP contribution in [0.1, 0.15) is 24.1 Å². The van der Waals surface area contributed by atoms with Crippen molar-refractivity contribution in [3.8, 4) is 0 Å². The molecule has 1 saturated carbocycles. The van der Waals surface area contributed by atoms with E-state index in [2.05, 4.69) is 17.2 Å². The van der Waals surface area contributed by atoms with Crippen LogP contribution in [0.3, 0.4) is 0 Å². The maximum Gasteiger partial charge on any atom is 0.183 e. The summed E-state index contributed by atoms with van der Waals surface area (Å²) in [7, 11) is 0. The largest absolute Gasteiger partial charge is 0.359 e. The van der Waals surface area contributed by atoms with E-state index >= 15 is 0 Å². The quantitative estimate of drug-likeness (QED) is 0.733. The highest BCUT2D eigenvalue weighted by Gasteiger charge is 2.17. The zero-order chi connectivity index (χ0) is 7.68. The summed E-state index contributed by atoms with van der Waals surface area (Å²) in [4.78, 5) is 5.53. The van der Waals surface area contributed by atoms with Crippen molar-refractivity contribution >= 4 is 16.5 Å². The van der Waals surface area contributed by atoms with Gasteiger partial charge in [0.05, 0.1) is 0 Å². The highest BCUT2D eigenvalue weighted by molar-refractivity contribution is 7.15. The summed E-state index contributed by atoms with van der Waals surface area (Å²) >= 11 is 1.74. The van der Waals surface area contributed by atoms with Crippen LogP contribution in [-0.2, 0) is 0 Å². The van der Waals surface area contributed by atoms with Gasteiger partial charge in [-0.1, -0.05) is 0 Å². The highest BCUT2D eigenvalue weighted by Crippen LogP contribution is 2.25. The summed E-state index contributed by atoms with van der Waals surface area (Å²) < 4.78 is 0. The molecular formula is C8H12N2S. The van der Waals surface area contributed by atoms with Crippen molar-refractivity contribution in [2.24, 2.45) is 0 Å². The Labute approximate surface area is 70.7 Å². The third kappa shape index (κ3) is 1.53. The number of anilines is 1. The highest BCUT2D eigenvalue weighted by atomic mass is 32.1. The van der Waals surface area contributed by atoms with Crippen molar-refractivity contribution in [2.45, 2.75) is 32.2 Å². The normalized spacial score (nSPS) is 17.9. The van der Waals surface area contributed by atoms with Gasteiger partial charge in [0.2, 0.25) is 0 Å². The van der Waals surface area contributed by atoms with Gasteiger partial charge < -0.3 is 5.32 Å². The van der Waals surface area contributed by atoms with Gasteiger partial charge in [0.1, 0.15) is 0 Å². The molecule has 2 nitrogen and oxygen atoms in total. The number of aromatic nitrogens is 1. The lowest BCUT2D eigenvalue weighted by Crippen LogP contribution is -2.26. The minimum atomic E-state index is 0.709. The standard InChI is InChI=1S/C8H12N2S/c1-6-5-9-8(11-6)10-7-3-2-4-7/h5,7H,2-4H2,1H3,(H,9,10). The first-order chi connectivity index (χ1) is 5.34. The molecular weight excluding hydrogens is 156 g/mol. The molecule has 0 spiro atoms. The Morgan fingerprint density at radius 3 is 2.91 bits per heavy atom. The van der Waals surface area contributed by atoms with E-state index < -0.39 is 0 Å². The number of nitrogens with zero attached hydrogens (tertiary/aromatic N) is 1. The Kier molecular flexibility index (Phi) is 1.82. The molecule has 0 aliphatic heterocycles. The second-order valence-corrected chi connectivity index (χ2v) is 4.28. The van der Waals surface area contributed by atoms with E-state index in [9.17, 15) is 0 Å². The summed E-state index contributed by atoms with van der Waals surface area (Å²) in [5.41, 5.74) is 0. The van der Waals surface area contributed by atoms with Gasteiger partial charge in [-0.15, -0.1) is 11.3 Å². The summed E-state index contributed by atoms with van der Waals surface area (Å²) in [5.74, 6) is 0. The van der Waals surface area contributed by atoms with Crippen LogP contribution >= 0.6 is 11.3 Å². The van der Waals surface area contributed by atoms with Crippen LogP contribution in [0.2, 0.25) is 0 Å². The van der Waals surface area contributed by atoms with Crippen LogP contribution in [0.25, 0.3) is 0 Å². The first-order valence-corrected chi connectivity index (χ1v) is 4.85. The van der Waals surface area contributed by atoms with Crippen molar-refractivity contribution in [3.05, 3.63) is 11.1 Å². The van der Waals surface area contributed by atoms with Crippen LogP contribution in [0, 0.1) is 6.92 Å². The second-order valence-electron chi connectivity index (χ2n) is 3.05. The minimum absolute atomic E-state index is 0.709. The molecule has 0 saturated heterocycles. The predicted molar refractivity (Wildman–Crippen MR) is 48.1 cm³/mol. The van der Waals surface area contributed by atoms with Gasteiger partial charge in [-0.3, -0.25) is 0 Å². The van der Waals surface area contributed by atoms with Gasteiger partial charge in [-0.2, -0.15) is 0 Å². The van der Waals surface area contributed by atoms with E-state index in [1.807, 2.05) is 6.20 Å². The van der Waals surface area contributed by atoms with Crippen LogP contribution in [0.15, 0.2) is 6.20 Å². The van der Waals surface area contributed by atoms with Gasteiger partial charge in [-0.05, 0) is 26.2 Å². The van der Waals surface area contributed by atoms with Crippen molar-refractivity contribution in [1.29, 1.82) is 0 Å². The molecule has 0 unspecified atom stereocenters. The molecule has 3 heteroatoms. The molecule has 1 aliphatic carbocycles. The van der Waals surface area contributed by atoms with E-state index in [1.165, 1.54) is 24.1 Å². The number of hydrogen-bond acceptors (Lipinski definition) is 3. The molecule has 1 heterocycles. The molecule has 2 rings (SSSR count). The fourth-order valence-corrected chi connectivity index (χ4v) is 1.89. The Morgan fingerprint density at radius 1 is 1.64 bits per heavy atom. The Morgan fingerprint density at radius 2 is 2.45 bits per heavy atom.